The molecule has 0 radical (unpaired) electrons. The Bertz CT molecular complexity index is 1600. The molecule has 3 aromatic rings. The van der Waals surface area contributed by atoms with Gasteiger partial charge in [-0.2, -0.15) is 4.99 Å². The number of para-hydroxylation sites is 1. The Balaban J connectivity index is 1.51. The first-order chi connectivity index (χ1) is 18.1. The molecule has 1 aliphatic rings. The van der Waals surface area contributed by atoms with Gasteiger partial charge in [0, 0.05) is 4.88 Å². The quantitative estimate of drug-likeness (QED) is 0.399. The van der Waals surface area contributed by atoms with Crippen LogP contribution in [0.25, 0.3) is 10.2 Å². The van der Waals surface area contributed by atoms with Crippen molar-refractivity contribution in [2.75, 3.05) is 31.0 Å². The average Bonchev–Trinajstić information content (AvgIpc) is 3.39. The maximum absolute atomic E-state index is 12.7. The summed E-state index contributed by atoms with van der Waals surface area (Å²) in [6, 6.07) is 7.06. The lowest BCUT2D eigenvalue weighted by molar-refractivity contribution is -0.141. The number of nitrogens with one attached hydrogen (secondary N) is 1. The fourth-order valence-corrected chi connectivity index (χ4v) is 7.52. The molecular weight excluding hydrogens is 554 g/mol. The number of methoxy groups -OCH3 is 2. The molecule has 2 heterocycles. The van der Waals surface area contributed by atoms with Gasteiger partial charge < -0.3 is 19.4 Å². The molecule has 0 bridgehead atoms. The second-order valence-corrected chi connectivity index (χ2v) is 12.7. The topological polar surface area (TPSA) is 150 Å². The number of thiophene rings is 1. The van der Waals surface area contributed by atoms with E-state index in [0.29, 0.717) is 11.9 Å². The van der Waals surface area contributed by atoms with E-state index in [1.54, 1.807) is 24.3 Å². The fraction of sp³-hybridized carbons (Fsp3) is 0.375. The largest absolute Gasteiger partial charge is 0.468 e. The maximum Gasteiger partial charge on any atom is 0.341 e. The first-order valence-electron chi connectivity index (χ1n) is 11.6. The van der Waals surface area contributed by atoms with E-state index in [2.05, 4.69) is 10.3 Å². The third-order valence-electron chi connectivity index (χ3n) is 5.83. The molecular formula is C24H25N3O8S3. The molecule has 0 atom stereocenters. The van der Waals surface area contributed by atoms with Crippen molar-refractivity contribution in [3.8, 4) is 0 Å². The predicted molar refractivity (Wildman–Crippen MR) is 142 cm³/mol. The highest BCUT2D eigenvalue weighted by molar-refractivity contribution is 7.92. The van der Waals surface area contributed by atoms with Gasteiger partial charge in [-0.05, 0) is 43.4 Å². The molecule has 0 unspecified atom stereocenters. The number of carbonyl (C=O) groups excluding carboxylic acids is 4. The van der Waals surface area contributed by atoms with Crippen LogP contribution in [0.4, 0.5) is 5.00 Å². The van der Waals surface area contributed by atoms with E-state index in [4.69, 9.17) is 9.47 Å². The molecule has 0 saturated carbocycles. The molecule has 1 aromatic carbocycles. The fourth-order valence-electron chi connectivity index (χ4n) is 4.17. The van der Waals surface area contributed by atoms with Crippen LogP contribution in [0.5, 0.6) is 0 Å². The van der Waals surface area contributed by atoms with Gasteiger partial charge in [0.05, 0.1) is 30.0 Å². The van der Waals surface area contributed by atoms with Crippen molar-refractivity contribution in [3.63, 3.8) is 0 Å². The Morgan fingerprint density at radius 2 is 1.76 bits per heavy atom. The van der Waals surface area contributed by atoms with Gasteiger partial charge in [0.1, 0.15) is 23.1 Å². The van der Waals surface area contributed by atoms with Crippen LogP contribution < -0.4 is 10.1 Å². The zero-order valence-electron chi connectivity index (χ0n) is 20.6. The summed E-state index contributed by atoms with van der Waals surface area (Å²) in [5.74, 6) is -4.98. The molecule has 1 N–H and O–H groups in total. The van der Waals surface area contributed by atoms with Gasteiger partial charge in [-0.15, -0.1) is 11.3 Å². The van der Waals surface area contributed by atoms with Crippen molar-refractivity contribution in [1.82, 2.24) is 4.57 Å². The Labute approximate surface area is 226 Å². The third-order valence-corrected chi connectivity index (χ3v) is 9.49. The van der Waals surface area contributed by atoms with Gasteiger partial charge >= 0.3 is 11.9 Å². The molecule has 4 rings (SSSR count). The summed E-state index contributed by atoms with van der Waals surface area (Å²) in [5.41, 5.74) is 1.71. The SMILES string of the molecule is COC(=O)Cn1c(=NC(=O)CS(=O)(=O)CC(=O)Nc2sc3c(c2C(=O)OC)CCCC3)sc2ccccc21. The Morgan fingerprint density at radius 1 is 1.03 bits per heavy atom. The highest BCUT2D eigenvalue weighted by Crippen LogP contribution is 2.38. The molecule has 0 saturated heterocycles. The van der Waals surface area contributed by atoms with Gasteiger partial charge in [0.15, 0.2) is 14.6 Å². The van der Waals surface area contributed by atoms with E-state index >= 15 is 0 Å². The summed E-state index contributed by atoms with van der Waals surface area (Å²) in [6.45, 7) is -0.213. The molecule has 0 aliphatic heterocycles. The monoisotopic (exact) mass is 579 g/mol. The molecule has 38 heavy (non-hydrogen) atoms. The average molecular weight is 580 g/mol. The second kappa shape index (κ2) is 11.6. The molecule has 0 fully saturated rings. The number of amides is 2. The van der Waals surface area contributed by atoms with Gasteiger partial charge in [-0.3, -0.25) is 14.4 Å². The summed E-state index contributed by atoms with van der Waals surface area (Å²) in [7, 11) is -1.72. The number of thiazole rings is 1. The molecule has 0 spiro atoms. The first kappa shape index (κ1) is 27.7. The molecule has 2 amide bonds. The van der Waals surface area contributed by atoms with Crippen molar-refractivity contribution in [2.24, 2.45) is 4.99 Å². The smallest absolute Gasteiger partial charge is 0.341 e. The number of benzene rings is 1. The third kappa shape index (κ3) is 6.19. The van der Waals surface area contributed by atoms with Gasteiger partial charge in [-0.1, -0.05) is 23.5 Å². The van der Waals surface area contributed by atoms with Crippen LogP contribution in [0.1, 0.15) is 33.6 Å². The van der Waals surface area contributed by atoms with Crippen LogP contribution in [-0.4, -0.2) is 62.5 Å². The van der Waals surface area contributed by atoms with Gasteiger partial charge in [-0.25, -0.2) is 13.2 Å². The van der Waals surface area contributed by atoms with Crippen molar-refractivity contribution in [1.29, 1.82) is 0 Å². The molecule has 202 valence electrons. The number of fused-ring (bicyclic) bond motifs is 2. The molecule has 11 nitrogen and oxygen atoms in total. The number of hydrogen-bond acceptors (Lipinski definition) is 10. The highest BCUT2D eigenvalue weighted by atomic mass is 32.2. The van der Waals surface area contributed by atoms with E-state index in [1.165, 1.54) is 30.1 Å². The maximum atomic E-state index is 12.7. The zero-order valence-corrected chi connectivity index (χ0v) is 23.1. The lowest BCUT2D eigenvalue weighted by atomic mass is 9.95. The van der Waals surface area contributed by atoms with Crippen LogP contribution in [0.3, 0.4) is 0 Å². The Kier molecular flexibility index (Phi) is 8.43. The summed E-state index contributed by atoms with van der Waals surface area (Å²) < 4.78 is 37.1. The molecule has 1 aliphatic carbocycles. The van der Waals surface area contributed by atoms with Crippen molar-refractivity contribution < 1.29 is 37.1 Å². The summed E-state index contributed by atoms with van der Waals surface area (Å²) >= 11 is 2.35. The van der Waals surface area contributed by atoms with Crippen LogP contribution in [0.2, 0.25) is 0 Å². The summed E-state index contributed by atoms with van der Waals surface area (Å²) in [5, 5.41) is 2.77. The number of rotatable bonds is 8. The second-order valence-electron chi connectivity index (χ2n) is 8.51. The van der Waals surface area contributed by atoms with E-state index in [1.807, 2.05) is 0 Å². The normalized spacial score (nSPS) is 13.7. The lowest BCUT2D eigenvalue weighted by Gasteiger charge is -2.11. The van der Waals surface area contributed by atoms with Gasteiger partial charge in [0.2, 0.25) is 5.91 Å². The number of aryl methyl sites for hydroxylation is 1. The summed E-state index contributed by atoms with van der Waals surface area (Å²) in [6.07, 6.45) is 3.30. The number of anilines is 1. The minimum absolute atomic E-state index is 0.133. The standard InChI is InChI=1S/C24H25N3O8S3/c1-34-20(30)11-27-15-8-4-6-10-17(15)37-24(27)26-19(29)13-38(32,33)12-18(28)25-22-21(23(31)35-2)14-7-3-5-9-16(14)36-22/h4,6,8,10H,3,5,7,9,11-13H2,1-2H3,(H,25,28). The minimum Gasteiger partial charge on any atom is -0.468 e. The summed E-state index contributed by atoms with van der Waals surface area (Å²) in [4.78, 5) is 54.5. The first-order valence-corrected chi connectivity index (χ1v) is 15.0. The van der Waals surface area contributed by atoms with Crippen LogP contribution >= 0.6 is 22.7 Å². The zero-order chi connectivity index (χ0) is 27.4. The number of ether oxygens (including phenoxy) is 2. The van der Waals surface area contributed by atoms with E-state index in [0.717, 1.165) is 45.7 Å². The van der Waals surface area contributed by atoms with Crippen LogP contribution in [0.15, 0.2) is 29.3 Å². The Hall–Kier alpha value is -3.36. The van der Waals surface area contributed by atoms with Gasteiger partial charge in [0.25, 0.3) is 5.91 Å². The minimum atomic E-state index is -4.19. The van der Waals surface area contributed by atoms with Crippen molar-refractivity contribution >= 4 is 71.5 Å². The van der Waals surface area contributed by atoms with Crippen molar-refractivity contribution in [2.45, 2.75) is 32.2 Å². The number of esters is 2. The number of carbonyl (C=O) groups is 4. The van der Waals surface area contributed by atoms with E-state index in [9.17, 15) is 27.6 Å². The van der Waals surface area contributed by atoms with Crippen LogP contribution in [-0.2, 0) is 53.1 Å². The number of nitrogens with zero attached hydrogens (tertiary/aromatic N) is 2. The number of sulfone groups is 1. The number of aromatic nitrogens is 1. The molecule has 2 aromatic heterocycles. The molecule has 14 heteroatoms. The van der Waals surface area contributed by atoms with E-state index in [-0.39, 0.29) is 21.9 Å². The lowest BCUT2D eigenvalue weighted by Crippen LogP contribution is -2.29. The highest BCUT2D eigenvalue weighted by Gasteiger charge is 2.28. The number of hydrogen-bond donors (Lipinski definition) is 1. The van der Waals surface area contributed by atoms with Crippen LogP contribution in [0, 0.1) is 0 Å². The predicted octanol–water partition coefficient (Wildman–Crippen LogP) is 2.08. The Morgan fingerprint density at radius 3 is 2.50 bits per heavy atom. The van der Waals surface area contributed by atoms with E-state index < -0.39 is 45.1 Å². The van der Waals surface area contributed by atoms with Crippen molar-refractivity contribution in [3.05, 3.63) is 45.1 Å².